The van der Waals surface area contributed by atoms with Crippen LogP contribution in [0.15, 0.2) is 42.5 Å². The SMILES string of the molecule is COc1ccccc1CCNCCC(=O)Nc1cc(Cl)ccc1OC. The molecule has 2 rings (SSSR count). The maximum absolute atomic E-state index is 12.1. The first-order valence-corrected chi connectivity index (χ1v) is 8.48. The predicted molar refractivity (Wildman–Crippen MR) is 101 cm³/mol. The van der Waals surface area contributed by atoms with Crippen molar-refractivity contribution in [1.29, 1.82) is 0 Å². The van der Waals surface area contributed by atoms with E-state index in [1.165, 1.54) is 0 Å². The summed E-state index contributed by atoms with van der Waals surface area (Å²) in [5.74, 6) is 1.38. The molecular weight excluding hydrogens is 340 g/mol. The van der Waals surface area contributed by atoms with Crippen LogP contribution in [0.25, 0.3) is 0 Å². The Morgan fingerprint density at radius 3 is 2.56 bits per heavy atom. The van der Waals surface area contributed by atoms with Crippen molar-refractivity contribution in [2.75, 3.05) is 32.6 Å². The molecular formula is C19H23ClN2O3. The van der Waals surface area contributed by atoms with Crippen molar-refractivity contribution in [3.05, 3.63) is 53.1 Å². The summed E-state index contributed by atoms with van der Waals surface area (Å²) in [7, 11) is 3.22. The van der Waals surface area contributed by atoms with Crippen molar-refractivity contribution < 1.29 is 14.3 Å². The molecule has 134 valence electrons. The third kappa shape index (κ3) is 5.96. The van der Waals surface area contributed by atoms with Crippen LogP contribution in [-0.4, -0.2) is 33.2 Å². The van der Waals surface area contributed by atoms with Crippen LogP contribution in [-0.2, 0) is 11.2 Å². The van der Waals surface area contributed by atoms with Gasteiger partial charge in [-0.2, -0.15) is 0 Å². The average Bonchev–Trinajstić information content (AvgIpc) is 2.62. The molecule has 0 saturated heterocycles. The van der Waals surface area contributed by atoms with Gasteiger partial charge < -0.3 is 20.1 Å². The lowest BCUT2D eigenvalue weighted by Crippen LogP contribution is -2.23. The Labute approximate surface area is 153 Å². The van der Waals surface area contributed by atoms with Gasteiger partial charge in [0, 0.05) is 18.0 Å². The summed E-state index contributed by atoms with van der Waals surface area (Å²) in [5, 5.41) is 6.64. The first-order valence-electron chi connectivity index (χ1n) is 8.10. The molecule has 0 spiro atoms. The Kier molecular flexibility index (Phi) is 7.57. The number of rotatable bonds is 9. The fraction of sp³-hybridized carbons (Fsp3) is 0.316. The summed E-state index contributed by atoms with van der Waals surface area (Å²) in [5.41, 5.74) is 1.72. The van der Waals surface area contributed by atoms with Gasteiger partial charge in [-0.25, -0.2) is 0 Å². The maximum atomic E-state index is 12.1. The number of hydrogen-bond donors (Lipinski definition) is 2. The van der Waals surface area contributed by atoms with Gasteiger partial charge in [0.05, 0.1) is 19.9 Å². The first kappa shape index (κ1) is 19.1. The van der Waals surface area contributed by atoms with Crippen LogP contribution in [0.4, 0.5) is 5.69 Å². The topological polar surface area (TPSA) is 59.6 Å². The molecule has 0 atom stereocenters. The van der Waals surface area contributed by atoms with E-state index in [0.29, 0.717) is 29.4 Å². The number of ether oxygens (including phenoxy) is 2. The second-order valence-electron chi connectivity index (χ2n) is 5.45. The van der Waals surface area contributed by atoms with Crippen molar-refractivity contribution in [1.82, 2.24) is 5.32 Å². The Hall–Kier alpha value is -2.24. The van der Waals surface area contributed by atoms with E-state index in [0.717, 1.165) is 24.3 Å². The zero-order chi connectivity index (χ0) is 18.1. The molecule has 5 nitrogen and oxygen atoms in total. The molecule has 25 heavy (non-hydrogen) atoms. The summed E-state index contributed by atoms with van der Waals surface area (Å²) in [6.07, 6.45) is 1.20. The molecule has 0 aliphatic carbocycles. The van der Waals surface area contributed by atoms with Gasteiger partial charge in [-0.15, -0.1) is 0 Å². The van der Waals surface area contributed by atoms with E-state index >= 15 is 0 Å². The van der Waals surface area contributed by atoms with Gasteiger partial charge >= 0.3 is 0 Å². The lowest BCUT2D eigenvalue weighted by Gasteiger charge is -2.11. The summed E-state index contributed by atoms with van der Waals surface area (Å²) >= 11 is 5.96. The van der Waals surface area contributed by atoms with Gasteiger partial charge in [0.2, 0.25) is 5.91 Å². The van der Waals surface area contributed by atoms with E-state index in [-0.39, 0.29) is 5.91 Å². The molecule has 2 aromatic rings. The minimum Gasteiger partial charge on any atom is -0.496 e. The number of amides is 1. The Morgan fingerprint density at radius 2 is 1.80 bits per heavy atom. The monoisotopic (exact) mass is 362 g/mol. The van der Waals surface area contributed by atoms with Crippen LogP contribution in [0.1, 0.15) is 12.0 Å². The number of carbonyl (C=O) groups excluding carboxylic acids is 1. The van der Waals surface area contributed by atoms with Crippen molar-refractivity contribution in [3.8, 4) is 11.5 Å². The summed E-state index contributed by atoms with van der Waals surface area (Å²) in [6.45, 7) is 1.36. The van der Waals surface area contributed by atoms with E-state index in [2.05, 4.69) is 10.6 Å². The third-order valence-electron chi connectivity index (χ3n) is 3.73. The number of para-hydroxylation sites is 1. The highest BCUT2D eigenvalue weighted by Gasteiger charge is 2.08. The van der Waals surface area contributed by atoms with Crippen molar-refractivity contribution >= 4 is 23.2 Å². The maximum Gasteiger partial charge on any atom is 0.225 e. The second kappa shape index (κ2) is 9.91. The van der Waals surface area contributed by atoms with E-state index in [9.17, 15) is 4.79 Å². The van der Waals surface area contributed by atoms with Crippen LogP contribution in [0.2, 0.25) is 5.02 Å². The molecule has 0 unspecified atom stereocenters. The number of benzene rings is 2. The fourth-order valence-electron chi connectivity index (χ4n) is 2.45. The lowest BCUT2D eigenvalue weighted by atomic mass is 10.1. The van der Waals surface area contributed by atoms with Gasteiger partial charge in [0.15, 0.2) is 0 Å². The van der Waals surface area contributed by atoms with Crippen LogP contribution in [0, 0.1) is 0 Å². The smallest absolute Gasteiger partial charge is 0.225 e. The number of nitrogens with one attached hydrogen (secondary N) is 2. The minimum absolute atomic E-state index is 0.0923. The summed E-state index contributed by atoms with van der Waals surface area (Å²) < 4.78 is 10.5. The molecule has 6 heteroatoms. The van der Waals surface area contributed by atoms with Crippen LogP contribution < -0.4 is 20.1 Å². The van der Waals surface area contributed by atoms with Gasteiger partial charge in [-0.1, -0.05) is 29.8 Å². The number of carbonyl (C=O) groups is 1. The highest BCUT2D eigenvalue weighted by molar-refractivity contribution is 6.31. The molecule has 2 aromatic carbocycles. The number of anilines is 1. The number of hydrogen-bond acceptors (Lipinski definition) is 4. The second-order valence-corrected chi connectivity index (χ2v) is 5.89. The molecule has 0 aliphatic heterocycles. The Morgan fingerprint density at radius 1 is 1.04 bits per heavy atom. The van der Waals surface area contributed by atoms with Crippen molar-refractivity contribution in [2.45, 2.75) is 12.8 Å². The predicted octanol–water partition coefficient (Wildman–Crippen LogP) is 3.52. The van der Waals surface area contributed by atoms with Crippen LogP contribution in [0.5, 0.6) is 11.5 Å². The molecule has 0 heterocycles. The molecule has 1 amide bonds. The highest BCUT2D eigenvalue weighted by atomic mass is 35.5. The largest absolute Gasteiger partial charge is 0.496 e. The molecule has 0 aromatic heterocycles. The third-order valence-corrected chi connectivity index (χ3v) is 3.96. The van der Waals surface area contributed by atoms with Gasteiger partial charge in [0.25, 0.3) is 0 Å². The molecule has 0 saturated carbocycles. The van der Waals surface area contributed by atoms with Gasteiger partial charge in [-0.05, 0) is 42.8 Å². The normalized spacial score (nSPS) is 10.4. The molecule has 0 aliphatic rings. The Balaban J connectivity index is 1.73. The van der Waals surface area contributed by atoms with E-state index in [1.54, 1.807) is 32.4 Å². The first-order chi connectivity index (χ1) is 12.1. The Bertz CT molecular complexity index is 707. The van der Waals surface area contributed by atoms with Gasteiger partial charge in [0.1, 0.15) is 11.5 Å². The van der Waals surface area contributed by atoms with Gasteiger partial charge in [-0.3, -0.25) is 4.79 Å². The van der Waals surface area contributed by atoms with Crippen molar-refractivity contribution in [2.24, 2.45) is 0 Å². The van der Waals surface area contributed by atoms with Crippen molar-refractivity contribution in [3.63, 3.8) is 0 Å². The summed E-state index contributed by atoms with van der Waals surface area (Å²) in [6, 6.07) is 13.0. The lowest BCUT2D eigenvalue weighted by molar-refractivity contribution is -0.116. The number of methoxy groups -OCH3 is 2. The quantitative estimate of drug-likeness (QED) is 0.670. The van der Waals surface area contributed by atoms with E-state index in [1.807, 2.05) is 24.3 Å². The average molecular weight is 363 g/mol. The fourth-order valence-corrected chi connectivity index (χ4v) is 2.62. The minimum atomic E-state index is -0.0923. The van der Waals surface area contributed by atoms with E-state index < -0.39 is 0 Å². The zero-order valence-electron chi connectivity index (χ0n) is 14.5. The van der Waals surface area contributed by atoms with Crippen LogP contribution in [0.3, 0.4) is 0 Å². The standard InChI is InChI=1S/C19H23ClN2O3/c1-24-17-6-4-3-5-14(17)9-11-21-12-10-19(23)22-16-13-15(20)7-8-18(16)25-2/h3-8,13,21H,9-12H2,1-2H3,(H,22,23). The zero-order valence-corrected chi connectivity index (χ0v) is 15.2. The molecule has 2 N–H and O–H groups in total. The van der Waals surface area contributed by atoms with Crippen LogP contribution >= 0.6 is 11.6 Å². The molecule has 0 fully saturated rings. The highest BCUT2D eigenvalue weighted by Crippen LogP contribution is 2.27. The molecule has 0 bridgehead atoms. The molecule has 0 radical (unpaired) electrons. The van der Waals surface area contributed by atoms with E-state index in [4.69, 9.17) is 21.1 Å². The number of halogens is 1. The summed E-state index contributed by atoms with van der Waals surface area (Å²) in [4.78, 5) is 12.1.